The molecule has 0 aromatic heterocycles. The maximum absolute atomic E-state index is 6.23. The van der Waals surface area contributed by atoms with Crippen LogP contribution in [0.2, 0.25) is 0 Å². The number of nitrogens with two attached hydrogens (primary N) is 1. The first kappa shape index (κ1) is 11.0. The molecule has 1 rings (SSSR count). The highest BCUT2D eigenvalue weighted by molar-refractivity contribution is 4.89. The quantitative estimate of drug-likeness (QED) is 0.699. The zero-order chi connectivity index (χ0) is 10.1. The molecule has 1 fully saturated rings. The average molecular weight is 183 g/mol. The minimum Gasteiger partial charge on any atom is -0.327 e. The number of hydrogen-bond acceptors (Lipinski definition) is 1. The second kappa shape index (κ2) is 4.00. The van der Waals surface area contributed by atoms with Crippen molar-refractivity contribution in [2.24, 2.45) is 23.0 Å². The molecule has 13 heavy (non-hydrogen) atoms. The number of rotatable bonds is 2. The smallest absolute Gasteiger partial charge is 0.00747 e. The first-order valence-electron chi connectivity index (χ1n) is 5.73. The SMILES string of the molecule is CCC(C)(C)C1CCC(C)CC1N. The van der Waals surface area contributed by atoms with Gasteiger partial charge in [0.05, 0.1) is 0 Å². The first-order valence-corrected chi connectivity index (χ1v) is 5.73. The van der Waals surface area contributed by atoms with Gasteiger partial charge in [-0.15, -0.1) is 0 Å². The van der Waals surface area contributed by atoms with Gasteiger partial charge in [0.2, 0.25) is 0 Å². The maximum Gasteiger partial charge on any atom is 0.00747 e. The van der Waals surface area contributed by atoms with Gasteiger partial charge in [-0.05, 0) is 30.1 Å². The Kier molecular flexibility index (Phi) is 3.39. The van der Waals surface area contributed by atoms with Gasteiger partial charge in [-0.2, -0.15) is 0 Å². The van der Waals surface area contributed by atoms with E-state index in [1.54, 1.807) is 0 Å². The summed E-state index contributed by atoms with van der Waals surface area (Å²) < 4.78 is 0. The molecular formula is C12H25N. The molecule has 0 aromatic rings. The summed E-state index contributed by atoms with van der Waals surface area (Å²) in [5.74, 6) is 1.59. The van der Waals surface area contributed by atoms with Gasteiger partial charge in [0, 0.05) is 6.04 Å². The monoisotopic (exact) mass is 183 g/mol. The molecule has 0 aliphatic heterocycles. The van der Waals surface area contributed by atoms with E-state index >= 15 is 0 Å². The van der Waals surface area contributed by atoms with Crippen LogP contribution in [0.3, 0.4) is 0 Å². The Labute approximate surface area is 83.1 Å². The summed E-state index contributed by atoms with van der Waals surface area (Å²) in [7, 11) is 0. The third kappa shape index (κ3) is 2.46. The zero-order valence-electron chi connectivity index (χ0n) is 9.64. The molecule has 0 radical (unpaired) electrons. The van der Waals surface area contributed by atoms with Crippen LogP contribution in [0, 0.1) is 17.3 Å². The van der Waals surface area contributed by atoms with Crippen molar-refractivity contribution in [1.29, 1.82) is 0 Å². The molecule has 0 spiro atoms. The fourth-order valence-corrected chi connectivity index (χ4v) is 2.66. The fourth-order valence-electron chi connectivity index (χ4n) is 2.66. The minimum absolute atomic E-state index is 0.443. The van der Waals surface area contributed by atoms with E-state index in [9.17, 15) is 0 Å². The lowest BCUT2D eigenvalue weighted by Crippen LogP contribution is -2.43. The van der Waals surface area contributed by atoms with Crippen LogP contribution in [0.4, 0.5) is 0 Å². The molecule has 1 saturated carbocycles. The highest BCUT2D eigenvalue weighted by Crippen LogP contribution is 2.41. The Balaban J connectivity index is 2.60. The summed E-state index contributed by atoms with van der Waals surface area (Å²) >= 11 is 0. The van der Waals surface area contributed by atoms with Crippen LogP contribution in [-0.2, 0) is 0 Å². The van der Waals surface area contributed by atoms with Crippen LogP contribution < -0.4 is 5.73 Å². The van der Waals surface area contributed by atoms with Gasteiger partial charge in [0.1, 0.15) is 0 Å². The van der Waals surface area contributed by atoms with Crippen LogP contribution in [0.25, 0.3) is 0 Å². The average Bonchev–Trinajstić information content (AvgIpc) is 2.03. The molecule has 0 bridgehead atoms. The second-order valence-corrected chi connectivity index (χ2v) is 5.53. The van der Waals surface area contributed by atoms with Crippen molar-refractivity contribution in [1.82, 2.24) is 0 Å². The molecule has 2 N–H and O–H groups in total. The van der Waals surface area contributed by atoms with Crippen LogP contribution >= 0.6 is 0 Å². The Hall–Kier alpha value is -0.0400. The van der Waals surface area contributed by atoms with Gasteiger partial charge >= 0.3 is 0 Å². The van der Waals surface area contributed by atoms with Crippen LogP contribution in [0.5, 0.6) is 0 Å². The van der Waals surface area contributed by atoms with E-state index in [1.165, 1.54) is 25.7 Å². The molecule has 0 heterocycles. The summed E-state index contributed by atoms with van der Waals surface area (Å²) in [5, 5.41) is 0. The second-order valence-electron chi connectivity index (χ2n) is 5.53. The van der Waals surface area contributed by atoms with E-state index in [2.05, 4.69) is 27.7 Å². The van der Waals surface area contributed by atoms with Gasteiger partial charge in [-0.1, -0.05) is 40.5 Å². The topological polar surface area (TPSA) is 26.0 Å². The van der Waals surface area contributed by atoms with E-state index in [1.807, 2.05) is 0 Å². The minimum atomic E-state index is 0.443. The van der Waals surface area contributed by atoms with Crippen molar-refractivity contribution >= 4 is 0 Å². The lowest BCUT2D eigenvalue weighted by molar-refractivity contribution is 0.109. The van der Waals surface area contributed by atoms with E-state index in [4.69, 9.17) is 5.73 Å². The fraction of sp³-hybridized carbons (Fsp3) is 1.00. The van der Waals surface area contributed by atoms with Gasteiger partial charge in [0.25, 0.3) is 0 Å². The molecule has 1 heteroatoms. The van der Waals surface area contributed by atoms with Crippen LogP contribution in [0.15, 0.2) is 0 Å². The van der Waals surface area contributed by atoms with E-state index in [-0.39, 0.29) is 0 Å². The lowest BCUT2D eigenvalue weighted by atomic mass is 9.65. The summed E-state index contributed by atoms with van der Waals surface area (Å²) in [6.07, 6.45) is 5.19. The zero-order valence-corrected chi connectivity index (χ0v) is 9.64. The summed E-state index contributed by atoms with van der Waals surface area (Å²) in [6, 6.07) is 0.443. The van der Waals surface area contributed by atoms with Crippen LogP contribution in [0.1, 0.15) is 53.4 Å². The van der Waals surface area contributed by atoms with Crippen molar-refractivity contribution in [3.05, 3.63) is 0 Å². The third-order valence-corrected chi connectivity index (χ3v) is 4.08. The predicted octanol–water partition coefficient (Wildman–Crippen LogP) is 3.19. The van der Waals surface area contributed by atoms with Crippen molar-refractivity contribution in [3.63, 3.8) is 0 Å². The van der Waals surface area contributed by atoms with E-state index < -0.39 is 0 Å². The van der Waals surface area contributed by atoms with Gasteiger partial charge < -0.3 is 5.73 Å². The standard InChI is InChI=1S/C12H25N/c1-5-12(3,4)10-7-6-9(2)8-11(10)13/h9-11H,5-8,13H2,1-4H3. The maximum atomic E-state index is 6.23. The lowest BCUT2D eigenvalue weighted by Gasteiger charge is -2.42. The van der Waals surface area contributed by atoms with Crippen LogP contribution in [-0.4, -0.2) is 6.04 Å². The van der Waals surface area contributed by atoms with Crippen molar-refractivity contribution in [2.75, 3.05) is 0 Å². The summed E-state index contributed by atoms with van der Waals surface area (Å²) in [4.78, 5) is 0. The molecule has 3 atom stereocenters. The molecule has 3 unspecified atom stereocenters. The van der Waals surface area contributed by atoms with E-state index in [0.717, 1.165) is 11.8 Å². The third-order valence-electron chi connectivity index (χ3n) is 4.08. The van der Waals surface area contributed by atoms with Crippen molar-refractivity contribution < 1.29 is 0 Å². The molecule has 1 nitrogen and oxygen atoms in total. The molecule has 1 aliphatic rings. The normalized spacial score (nSPS) is 36.2. The molecule has 0 saturated heterocycles. The largest absolute Gasteiger partial charge is 0.327 e. The summed E-state index contributed by atoms with van der Waals surface area (Å²) in [5.41, 5.74) is 6.68. The Morgan fingerprint density at radius 3 is 2.38 bits per heavy atom. The highest BCUT2D eigenvalue weighted by Gasteiger charge is 2.35. The Morgan fingerprint density at radius 1 is 1.31 bits per heavy atom. The Bertz CT molecular complexity index is 163. The molecule has 0 aromatic carbocycles. The highest BCUT2D eigenvalue weighted by atomic mass is 14.7. The van der Waals surface area contributed by atoms with Gasteiger partial charge in [-0.3, -0.25) is 0 Å². The Morgan fingerprint density at radius 2 is 1.92 bits per heavy atom. The van der Waals surface area contributed by atoms with Gasteiger partial charge in [-0.25, -0.2) is 0 Å². The van der Waals surface area contributed by atoms with Gasteiger partial charge in [0.15, 0.2) is 0 Å². The molecule has 78 valence electrons. The summed E-state index contributed by atoms with van der Waals surface area (Å²) in [6.45, 7) is 9.35. The number of hydrogen-bond donors (Lipinski definition) is 1. The predicted molar refractivity (Wildman–Crippen MR) is 58.6 cm³/mol. The van der Waals surface area contributed by atoms with Crippen molar-refractivity contribution in [3.8, 4) is 0 Å². The molecule has 0 amide bonds. The van der Waals surface area contributed by atoms with Crippen molar-refractivity contribution in [2.45, 2.75) is 59.4 Å². The molecular weight excluding hydrogens is 158 g/mol. The first-order chi connectivity index (χ1) is 5.97. The van der Waals surface area contributed by atoms with E-state index in [0.29, 0.717) is 11.5 Å². The molecule has 1 aliphatic carbocycles.